The van der Waals surface area contributed by atoms with Gasteiger partial charge in [-0.2, -0.15) is 0 Å². The molecule has 0 saturated carbocycles. The van der Waals surface area contributed by atoms with Gasteiger partial charge in [0.2, 0.25) is 0 Å². The van der Waals surface area contributed by atoms with Crippen LogP contribution in [0.3, 0.4) is 0 Å². The van der Waals surface area contributed by atoms with E-state index in [1.54, 1.807) is 0 Å². The van der Waals surface area contributed by atoms with Gasteiger partial charge in [-0.05, 0) is 111 Å². The van der Waals surface area contributed by atoms with E-state index in [-0.39, 0.29) is 0 Å². The summed E-state index contributed by atoms with van der Waals surface area (Å²) in [7, 11) is 0. The Balaban J connectivity index is 1.04. The smallest absolute Gasteiger partial charge is 0.0619 e. The van der Waals surface area contributed by atoms with E-state index in [4.69, 9.17) is 0 Å². The monoisotopic (exact) mass is 714 g/mol. The van der Waals surface area contributed by atoms with Crippen LogP contribution < -0.4 is 4.90 Å². The van der Waals surface area contributed by atoms with Gasteiger partial charge in [0.15, 0.2) is 0 Å². The summed E-state index contributed by atoms with van der Waals surface area (Å²) in [5.41, 5.74) is 12.1. The van der Waals surface area contributed by atoms with Crippen LogP contribution in [0, 0.1) is 0 Å². The van der Waals surface area contributed by atoms with Crippen LogP contribution in [0.25, 0.3) is 76.5 Å². The molecule has 0 atom stereocenters. The highest BCUT2D eigenvalue weighted by atomic mass is 15.1. The molecule has 2 heteroatoms. The molecule has 0 unspecified atom stereocenters. The first-order valence-corrected chi connectivity index (χ1v) is 19.6. The maximum Gasteiger partial charge on any atom is 0.0619 e. The number of anilines is 3. The Morgan fingerprint density at radius 1 is 0.411 bits per heavy atom. The van der Waals surface area contributed by atoms with E-state index in [9.17, 15) is 0 Å². The number of benzene rings is 9. The lowest BCUT2D eigenvalue weighted by atomic mass is 9.97. The molecule has 0 aliphatic heterocycles. The van der Waals surface area contributed by atoms with E-state index >= 15 is 0 Å². The number of hydrogen-bond acceptors (Lipinski definition) is 1. The van der Waals surface area contributed by atoms with Crippen LogP contribution in [-0.2, 0) is 0 Å². The number of allylic oxidation sites excluding steroid dienone is 4. The van der Waals surface area contributed by atoms with Crippen LogP contribution in [0.15, 0.2) is 206 Å². The topological polar surface area (TPSA) is 8.17 Å². The third kappa shape index (κ3) is 5.41. The lowest BCUT2D eigenvalue weighted by molar-refractivity contribution is 1.05. The Morgan fingerprint density at radius 3 is 1.80 bits per heavy atom. The molecule has 2 nitrogen and oxygen atoms in total. The van der Waals surface area contributed by atoms with Crippen molar-refractivity contribution >= 4 is 76.8 Å². The molecule has 0 N–H and O–H groups in total. The average molecular weight is 715 g/mol. The fourth-order valence-electron chi connectivity index (χ4n) is 8.85. The summed E-state index contributed by atoms with van der Waals surface area (Å²) >= 11 is 0. The van der Waals surface area contributed by atoms with Gasteiger partial charge in [0.25, 0.3) is 0 Å². The second kappa shape index (κ2) is 13.3. The van der Waals surface area contributed by atoms with Gasteiger partial charge in [-0.1, -0.05) is 152 Å². The van der Waals surface area contributed by atoms with Gasteiger partial charge in [-0.3, -0.25) is 0 Å². The second-order valence-corrected chi connectivity index (χ2v) is 14.9. The predicted molar refractivity (Wildman–Crippen MR) is 240 cm³/mol. The third-order valence-electron chi connectivity index (χ3n) is 11.6. The van der Waals surface area contributed by atoms with Crippen LogP contribution in [0.1, 0.15) is 18.4 Å². The molecule has 0 radical (unpaired) electrons. The van der Waals surface area contributed by atoms with Crippen molar-refractivity contribution in [2.75, 3.05) is 4.90 Å². The van der Waals surface area contributed by atoms with Crippen molar-refractivity contribution in [2.45, 2.75) is 12.8 Å². The summed E-state index contributed by atoms with van der Waals surface area (Å²) in [4.78, 5) is 2.38. The first kappa shape index (κ1) is 32.3. The Hall–Kier alpha value is -7.16. The molecule has 9 aromatic carbocycles. The third-order valence-corrected chi connectivity index (χ3v) is 11.6. The summed E-state index contributed by atoms with van der Waals surface area (Å²) in [6.45, 7) is 0. The van der Waals surface area contributed by atoms with Crippen molar-refractivity contribution in [3.63, 3.8) is 0 Å². The van der Waals surface area contributed by atoms with Gasteiger partial charge in [0.1, 0.15) is 0 Å². The van der Waals surface area contributed by atoms with E-state index in [1.165, 1.54) is 82.1 Å². The van der Waals surface area contributed by atoms with Gasteiger partial charge in [-0.15, -0.1) is 0 Å². The molecule has 10 aromatic rings. The zero-order valence-corrected chi connectivity index (χ0v) is 30.9. The van der Waals surface area contributed by atoms with Gasteiger partial charge in [0.05, 0.1) is 16.7 Å². The molecule has 0 fully saturated rings. The first-order chi connectivity index (χ1) is 27.8. The predicted octanol–water partition coefficient (Wildman–Crippen LogP) is 15.1. The van der Waals surface area contributed by atoms with Gasteiger partial charge >= 0.3 is 0 Å². The zero-order chi connectivity index (χ0) is 37.0. The number of fused-ring (bicyclic) bond motifs is 7. The molecule has 264 valence electrons. The number of hydrogen-bond donors (Lipinski definition) is 0. The molecule has 0 saturated heterocycles. The maximum atomic E-state index is 2.48. The molecule has 1 aromatic heterocycles. The highest BCUT2D eigenvalue weighted by Crippen LogP contribution is 2.42. The molecule has 0 bridgehead atoms. The van der Waals surface area contributed by atoms with Crippen LogP contribution in [-0.4, -0.2) is 4.57 Å². The minimum atomic E-state index is 1.08. The summed E-state index contributed by atoms with van der Waals surface area (Å²) < 4.78 is 2.48. The summed E-state index contributed by atoms with van der Waals surface area (Å²) in [5, 5.41) is 9.97. The van der Waals surface area contributed by atoms with E-state index < -0.39 is 0 Å². The zero-order valence-electron chi connectivity index (χ0n) is 30.9. The molecule has 0 amide bonds. The van der Waals surface area contributed by atoms with E-state index in [2.05, 4.69) is 216 Å². The van der Waals surface area contributed by atoms with Crippen LogP contribution in [0.5, 0.6) is 0 Å². The van der Waals surface area contributed by atoms with Crippen molar-refractivity contribution in [3.8, 4) is 16.8 Å². The van der Waals surface area contributed by atoms with Crippen molar-refractivity contribution in [1.82, 2.24) is 4.57 Å². The second-order valence-electron chi connectivity index (χ2n) is 14.9. The van der Waals surface area contributed by atoms with Crippen molar-refractivity contribution in [1.29, 1.82) is 0 Å². The van der Waals surface area contributed by atoms with E-state index in [0.717, 1.165) is 29.9 Å². The molecule has 1 aliphatic rings. The maximum absolute atomic E-state index is 2.48. The lowest BCUT2D eigenvalue weighted by Crippen LogP contribution is -2.10. The van der Waals surface area contributed by atoms with Crippen LogP contribution >= 0.6 is 0 Å². The molecule has 11 rings (SSSR count). The Morgan fingerprint density at radius 2 is 1.04 bits per heavy atom. The Bertz CT molecular complexity index is 3170. The minimum absolute atomic E-state index is 1.08. The normalized spacial score (nSPS) is 12.9. The summed E-state index contributed by atoms with van der Waals surface area (Å²) in [5.74, 6) is 0. The van der Waals surface area contributed by atoms with E-state index in [0.29, 0.717) is 0 Å². The molecule has 1 aliphatic carbocycles. The molecule has 0 spiro atoms. The van der Waals surface area contributed by atoms with Crippen LogP contribution in [0.2, 0.25) is 0 Å². The summed E-state index contributed by atoms with van der Waals surface area (Å²) in [6, 6.07) is 69.2. The fourth-order valence-corrected chi connectivity index (χ4v) is 8.85. The molecule has 1 heterocycles. The largest absolute Gasteiger partial charge is 0.310 e. The quantitative estimate of drug-likeness (QED) is 0.166. The first-order valence-electron chi connectivity index (χ1n) is 19.6. The summed E-state index contributed by atoms with van der Waals surface area (Å²) in [6.07, 6.45) is 8.85. The molecular weight excluding hydrogens is 677 g/mol. The van der Waals surface area contributed by atoms with E-state index in [1.807, 2.05) is 0 Å². The number of aromatic nitrogens is 1. The van der Waals surface area contributed by atoms with Crippen molar-refractivity contribution in [3.05, 3.63) is 212 Å². The number of rotatable bonds is 6. The molecular formula is C54H38N2. The highest BCUT2D eigenvalue weighted by molar-refractivity contribution is 6.20. The van der Waals surface area contributed by atoms with Gasteiger partial charge < -0.3 is 9.47 Å². The minimum Gasteiger partial charge on any atom is -0.310 e. The SMILES string of the molecule is C1=CCCC(c2ccc(N(c3ccc(-c4ccc5c(c4)c4ccc6ccccc6c4n5-c4cccc5ccccc45)cc3)c3ccc4ccccc4c3)cc2)=C1. The lowest BCUT2D eigenvalue weighted by Gasteiger charge is -2.26. The highest BCUT2D eigenvalue weighted by Gasteiger charge is 2.19. The van der Waals surface area contributed by atoms with Gasteiger partial charge in [-0.25, -0.2) is 0 Å². The van der Waals surface area contributed by atoms with Crippen molar-refractivity contribution in [2.24, 2.45) is 0 Å². The van der Waals surface area contributed by atoms with Crippen molar-refractivity contribution < 1.29 is 0 Å². The number of nitrogens with zero attached hydrogens (tertiary/aromatic N) is 2. The fraction of sp³-hybridized carbons (Fsp3) is 0.0370. The average Bonchev–Trinajstić information content (AvgIpc) is 3.61. The molecule has 56 heavy (non-hydrogen) atoms. The van der Waals surface area contributed by atoms with Crippen LogP contribution in [0.4, 0.5) is 17.1 Å². The standard InChI is InChI=1S/C54H38N2/c1-2-11-37(12-3-1)39-21-28-45(29-22-39)55(47-32-25-38-13-4-5-16-43(38)35-47)46-30-23-40(24-31-46)44-27-34-53-51(36-44)50-33-26-42-15-7-9-19-49(42)54(50)56(53)52-20-10-17-41-14-6-8-18-48(41)52/h1-2,4-11,13-36H,3,12H2. The Labute approximate surface area is 326 Å². The Kier molecular flexibility index (Phi) is 7.67. The van der Waals surface area contributed by atoms with Gasteiger partial charge in [0, 0.05) is 38.6 Å².